The molecular weight excluding hydrogens is 430 g/mol. The first-order valence-electron chi connectivity index (χ1n) is 6.93. The van der Waals surface area contributed by atoms with Crippen molar-refractivity contribution in [3.05, 3.63) is 39.3 Å². The van der Waals surface area contributed by atoms with Crippen LogP contribution in [-0.4, -0.2) is 39.5 Å². The van der Waals surface area contributed by atoms with Crippen LogP contribution in [0.15, 0.2) is 27.9 Å². The molecule has 1 aromatic carbocycles. The number of esters is 2. The molecule has 11 heteroatoms. The second kappa shape index (κ2) is 7.62. The molecule has 0 radical (unpaired) electrons. The maximum atomic E-state index is 14.2. The number of carbonyl (C=O) groups is 2. The lowest BCUT2D eigenvalue weighted by Crippen LogP contribution is -2.39. The molecule has 1 heterocycles. The molecule has 6 nitrogen and oxygen atoms in total. The smallest absolute Gasteiger partial charge is 0.421 e. The van der Waals surface area contributed by atoms with Crippen LogP contribution in [0.25, 0.3) is 0 Å². The molecule has 0 bridgehead atoms. The normalized spacial score (nSPS) is 15.1. The molecule has 1 aliphatic heterocycles. The standard InChI is InChI=1S/C15H12BrF4NO5/c1-24-13(22)7-5-26-6-21(12(7)14(23)25-2)9-4-3-8(16)11(17)10(9)15(18,19)20/h3-4H,5-6H2,1-2H3. The number of methoxy groups -OCH3 is 2. The third-order valence-electron chi connectivity index (χ3n) is 3.48. The maximum absolute atomic E-state index is 14.2. The third-order valence-corrected chi connectivity index (χ3v) is 4.09. The quantitative estimate of drug-likeness (QED) is 0.530. The van der Waals surface area contributed by atoms with E-state index in [1.165, 1.54) is 0 Å². The van der Waals surface area contributed by atoms with Crippen molar-refractivity contribution >= 4 is 33.6 Å². The van der Waals surface area contributed by atoms with Gasteiger partial charge in [0.15, 0.2) is 5.82 Å². The van der Waals surface area contributed by atoms with Gasteiger partial charge in [-0.25, -0.2) is 14.0 Å². The summed E-state index contributed by atoms with van der Waals surface area (Å²) in [5.74, 6) is -3.64. The summed E-state index contributed by atoms with van der Waals surface area (Å²) < 4.78 is 68.2. The highest BCUT2D eigenvalue weighted by Gasteiger charge is 2.42. The van der Waals surface area contributed by atoms with E-state index in [1.54, 1.807) is 0 Å². The number of rotatable bonds is 3. The first kappa shape index (κ1) is 20.2. The zero-order chi connectivity index (χ0) is 19.6. The van der Waals surface area contributed by atoms with Crippen LogP contribution in [0.1, 0.15) is 5.56 Å². The van der Waals surface area contributed by atoms with Gasteiger partial charge in [0.2, 0.25) is 0 Å². The fourth-order valence-electron chi connectivity index (χ4n) is 2.37. The minimum atomic E-state index is -5.08. The minimum absolute atomic E-state index is 0.345. The number of anilines is 1. The van der Waals surface area contributed by atoms with Crippen LogP contribution in [0.5, 0.6) is 0 Å². The van der Waals surface area contributed by atoms with Crippen molar-refractivity contribution in [3.63, 3.8) is 0 Å². The third kappa shape index (κ3) is 3.68. The minimum Gasteiger partial charge on any atom is -0.466 e. The van der Waals surface area contributed by atoms with Gasteiger partial charge >= 0.3 is 18.1 Å². The molecule has 0 spiro atoms. The van der Waals surface area contributed by atoms with Crippen LogP contribution >= 0.6 is 15.9 Å². The van der Waals surface area contributed by atoms with Gasteiger partial charge in [0, 0.05) is 0 Å². The Morgan fingerprint density at radius 1 is 1.19 bits per heavy atom. The van der Waals surface area contributed by atoms with Crippen molar-refractivity contribution in [2.24, 2.45) is 0 Å². The molecular formula is C15H12BrF4NO5. The topological polar surface area (TPSA) is 65.1 Å². The number of carbonyl (C=O) groups excluding carboxylic acids is 2. The molecule has 0 unspecified atom stereocenters. The summed E-state index contributed by atoms with van der Waals surface area (Å²) in [6, 6.07) is 1.99. The van der Waals surface area contributed by atoms with Gasteiger partial charge < -0.3 is 19.1 Å². The summed E-state index contributed by atoms with van der Waals surface area (Å²) in [5, 5.41) is 0. The van der Waals surface area contributed by atoms with Crippen LogP contribution in [0.2, 0.25) is 0 Å². The molecule has 0 saturated carbocycles. The zero-order valence-electron chi connectivity index (χ0n) is 13.4. The Hall–Kier alpha value is -2.14. The predicted molar refractivity (Wildman–Crippen MR) is 83.5 cm³/mol. The van der Waals surface area contributed by atoms with E-state index in [4.69, 9.17) is 4.74 Å². The molecule has 0 saturated heterocycles. The van der Waals surface area contributed by atoms with Crippen molar-refractivity contribution in [1.29, 1.82) is 0 Å². The lowest BCUT2D eigenvalue weighted by atomic mass is 10.1. The van der Waals surface area contributed by atoms with Crippen molar-refractivity contribution in [2.75, 3.05) is 32.5 Å². The Morgan fingerprint density at radius 3 is 2.35 bits per heavy atom. The van der Waals surface area contributed by atoms with Crippen LogP contribution < -0.4 is 4.90 Å². The van der Waals surface area contributed by atoms with Gasteiger partial charge in [0.05, 0.1) is 36.6 Å². The van der Waals surface area contributed by atoms with Crippen LogP contribution in [-0.2, 0) is 30.0 Å². The number of hydrogen-bond acceptors (Lipinski definition) is 6. The van der Waals surface area contributed by atoms with Gasteiger partial charge in [-0.05, 0) is 28.1 Å². The Labute approximate surface area is 153 Å². The molecule has 1 aromatic rings. The van der Waals surface area contributed by atoms with E-state index in [2.05, 4.69) is 25.4 Å². The van der Waals surface area contributed by atoms with E-state index < -0.39 is 52.1 Å². The average Bonchev–Trinajstić information content (AvgIpc) is 2.60. The predicted octanol–water partition coefficient (Wildman–Crippen LogP) is 3.00. The number of ether oxygens (including phenoxy) is 3. The van der Waals surface area contributed by atoms with E-state index in [0.717, 1.165) is 31.3 Å². The SMILES string of the molecule is COC(=O)C1=C(C(=O)OC)N(c2ccc(Br)c(F)c2C(F)(F)F)COC1. The van der Waals surface area contributed by atoms with Crippen molar-refractivity contribution in [2.45, 2.75) is 6.18 Å². The molecule has 0 aromatic heterocycles. The highest BCUT2D eigenvalue weighted by atomic mass is 79.9. The van der Waals surface area contributed by atoms with Crippen LogP contribution in [0.4, 0.5) is 23.2 Å². The molecule has 0 atom stereocenters. The molecule has 142 valence electrons. The number of hydrogen-bond donors (Lipinski definition) is 0. The molecule has 0 fully saturated rings. The van der Waals surface area contributed by atoms with Crippen molar-refractivity contribution in [1.82, 2.24) is 0 Å². The van der Waals surface area contributed by atoms with Gasteiger partial charge in [-0.2, -0.15) is 13.2 Å². The first-order chi connectivity index (χ1) is 12.1. The lowest BCUT2D eigenvalue weighted by Gasteiger charge is -2.33. The molecule has 2 rings (SSSR count). The van der Waals surface area contributed by atoms with E-state index in [-0.39, 0.29) is 12.2 Å². The molecule has 0 N–H and O–H groups in total. The maximum Gasteiger partial charge on any atom is 0.421 e. The van der Waals surface area contributed by atoms with E-state index in [1.807, 2.05) is 0 Å². The average molecular weight is 442 g/mol. The summed E-state index contributed by atoms with van der Waals surface area (Å²) in [6.45, 7) is -0.914. The number of nitrogens with zero attached hydrogens (tertiary/aromatic N) is 1. The van der Waals surface area contributed by atoms with E-state index in [0.29, 0.717) is 0 Å². The number of halogens is 5. The van der Waals surface area contributed by atoms with E-state index >= 15 is 0 Å². The fraction of sp³-hybridized carbons (Fsp3) is 0.333. The molecule has 26 heavy (non-hydrogen) atoms. The molecule has 0 aliphatic carbocycles. The number of alkyl halides is 3. The Kier molecular flexibility index (Phi) is 5.91. The summed E-state index contributed by atoms with van der Waals surface area (Å²) in [7, 11) is 2.02. The monoisotopic (exact) mass is 441 g/mol. The zero-order valence-corrected chi connectivity index (χ0v) is 15.0. The summed E-state index contributed by atoms with van der Waals surface area (Å²) in [5.41, 5.74) is -3.19. The van der Waals surface area contributed by atoms with Crippen LogP contribution in [0, 0.1) is 5.82 Å². The van der Waals surface area contributed by atoms with Gasteiger partial charge in [-0.1, -0.05) is 0 Å². The molecule has 0 amide bonds. The molecule has 1 aliphatic rings. The van der Waals surface area contributed by atoms with E-state index in [9.17, 15) is 27.2 Å². The summed E-state index contributed by atoms with van der Waals surface area (Å²) in [6.07, 6.45) is -5.08. The summed E-state index contributed by atoms with van der Waals surface area (Å²) >= 11 is 2.70. The van der Waals surface area contributed by atoms with Crippen LogP contribution in [0.3, 0.4) is 0 Å². The lowest BCUT2D eigenvalue weighted by molar-refractivity contribution is -0.141. The second-order valence-electron chi connectivity index (χ2n) is 4.97. The Bertz CT molecular complexity index is 778. The highest BCUT2D eigenvalue weighted by molar-refractivity contribution is 9.10. The fourth-order valence-corrected chi connectivity index (χ4v) is 2.70. The first-order valence-corrected chi connectivity index (χ1v) is 7.73. The van der Waals surface area contributed by atoms with Gasteiger partial charge in [0.25, 0.3) is 0 Å². The number of benzene rings is 1. The Morgan fingerprint density at radius 2 is 1.81 bits per heavy atom. The second-order valence-corrected chi connectivity index (χ2v) is 5.82. The highest BCUT2D eigenvalue weighted by Crippen LogP contribution is 2.42. The summed E-state index contributed by atoms with van der Waals surface area (Å²) in [4.78, 5) is 24.7. The Balaban J connectivity index is 2.76. The van der Waals surface area contributed by atoms with Crippen molar-refractivity contribution < 1.29 is 41.4 Å². The largest absolute Gasteiger partial charge is 0.466 e. The van der Waals surface area contributed by atoms with Gasteiger partial charge in [0.1, 0.15) is 18.0 Å². The van der Waals surface area contributed by atoms with Gasteiger partial charge in [-0.15, -0.1) is 0 Å². The van der Waals surface area contributed by atoms with Crippen molar-refractivity contribution in [3.8, 4) is 0 Å². The van der Waals surface area contributed by atoms with Gasteiger partial charge in [-0.3, -0.25) is 0 Å².